The van der Waals surface area contributed by atoms with Crippen molar-refractivity contribution in [1.29, 1.82) is 0 Å². The molecule has 0 unspecified atom stereocenters. The van der Waals surface area contributed by atoms with E-state index in [1.54, 1.807) is 12.1 Å². The smallest absolute Gasteiger partial charge is 0.327 e. The Balaban J connectivity index is 3.11. The Kier molecular flexibility index (Phi) is 3.52. The van der Waals surface area contributed by atoms with E-state index < -0.39 is 11.7 Å². The first-order valence-electron chi connectivity index (χ1n) is 4.49. The lowest BCUT2D eigenvalue weighted by molar-refractivity contribution is -0.0690. The van der Waals surface area contributed by atoms with Gasteiger partial charge in [-0.3, -0.25) is 0 Å². The normalized spacial score (nSPS) is 13.0. The fraction of sp³-hybridized carbons (Fsp3) is 0.273. The highest BCUT2D eigenvalue weighted by atomic mass is 19.4. The number of nitrogens with two attached hydrogens (primary N) is 1. The molecule has 82 valence electrons. The monoisotopic (exact) mass is 215 g/mol. The van der Waals surface area contributed by atoms with Crippen molar-refractivity contribution < 1.29 is 13.2 Å². The summed E-state index contributed by atoms with van der Waals surface area (Å²) in [5.74, 6) is 0. The molecule has 0 aromatic heterocycles. The van der Waals surface area contributed by atoms with Crippen molar-refractivity contribution in [2.45, 2.75) is 13.1 Å². The van der Waals surface area contributed by atoms with Crippen LogP contribution < -0.4 is 5.73 Å². The number of allylic oxidation sites excluding steroid dienone is 1. The second-order valence-electron chi connectivity index (χ2n) is 3.22. The first-order chi connectivity index (χ1) is 6.95. The van der Waals surface area contributed by atoms with Gasteiger partial charge in [0, 0.05) is 6.54 Å². The van der Waals surface area contributed by atoms with Gasteiger partial charge in [0.15, 0.2) is 0 Å². The summed E-state index contributed by atoms with van der Waals surface area (Å²) in [7, 11) is 0. The van der Waals surface area contributed by atoms with Crippen LogP contribution in [-0.2, 0) is 0 Å². The third kappa shape index (κ3) is 3.09. The molecule has 0 spiro atoms. The summed E-state index contributed by atoms with van der Waals surface area (Å²) in [5.41, 5.74) is 5.52. The highest BCUT2D eigenvalue weighted by Gasteiger charge is 2.33. The molecule has 0 saturated heterocycles. The summed E-state index contributed by atoms with van der Waals surface area (Å²) in [6, 6.07) is 6.19. The summed E-state index contributed by atoms with van der Waals surface area (Å²) >= 11 is 0. The molecule has 0 amide bonds. The fourth-order valence-corrected chi connectivity index (χ4v) is 1.25. The largest absolute Gasteiger partial charge is 0.416 e. The van der Waals surface area contributed by atoms with E-state index in [4.69, 9.17) is 5.73 Å². The van der Waals surface area contributed by atoms with Crippen LogP contribution in [0.3, 0.4) is 0 Å². The average Bonchev–Trinajstić information content (AvgIpc) is 2.14. The number of hydrogen-bond acceptors (Lipinski definition) is 1. The number of benzene rings is 1. The van der Waals surface area contributed by atoms with Crippen LogP contribution in [0.5, 0.6) is 0 Å². The summed E-state index contributed by atoms with van der Waals surface area (Å²) in [6.45, 7) is 1.70. The molecule has 0 aliphatic carbocycles. The van der Waals surface area contributed by atoms with Gasteiger partial charge in [-0.05, 0) is 12.5 Å². The SMILES string of the molecule is Cc1ccc(/C(=C\CN)C(F)(F)F)cc1. The van der Waals surface area contributed by atoms with E-state index in [-0.39, 0.29) is 12.1 Å². The third-order valence-electron chi connectivity index (χ3n) is 1.99. The second kappa shape index (κ2) is 4.49. The van der Waals surface area contributed by atoms with Gasteiger partial charge >= 0.3 is 6.18 Å². The molecule has 0 heterocycles. The molecule has 1 rings (SSSR count). The van der Waals surface area contributed by atoms with Crippen molar-refractivity contribution in [1.82, 2.24) is 0 Å². The zero-order valence-electron chi connectivity index (χ0n) is 8.31. The van der Waals surface area contributed by atoms with E-state index in [9.17, 15) is 13.2 Å². The van der Waals surface area contributed by atoms with E-state index >= 15 is 0 Å². The van der Waals surface area contributed by atoms with Gasteiger partial charge in [-0.1, -0.05) is 35.9 Å². The number of aryl methyl sites for hydroxylation is 1. The first-order valence-corrected chi connectivity index (χ1v) is 4.49. The lowest BCUT2D eigenvalue weighted by atomic mass is 10.0. The molecule has 1 aromatic carbocycles. The summed E-state index contributed by atoms with van der Waals surface area (Å²) in [4.78, 5) is 0. The van der Waals surface area contributed by atoms with E-state index in [1.807, 2.05) is 6.92 Å². The molecular weight excluding hydrogens is 203 g/mol. The van der Waals surface area contributed by atoms with E-state index in [1.165, 1.54) is 12.1 Å². The zero-order chi connectivity index (χ0) is 11.5. The maximum atomic E-state index is 12.6. The van der Waals surface area contributed by atoms with Crippen LogP contribution in [0.4, 0.5) is 13.2 Å². The minimum Gasteiger partial charge on any atom is -0.327 e. The number of rotatable bonds is 2. The summed E-state index contributed by atoms with van der Waals surface area (Å²) in [5, 5.41) is 0. The van der Waals surface area contributed by atoms with Crippen molar-refractivity contribution in [3.8, 4) is 0 Å². The van der Waals surface area contributed by atoms with Crippen LogP contribution in [0.25, 0.3) is 5.57 Å². The predicted molar refractivity (Wildman–Crippen MR) is 54.3 cm³/mol. The standard InChI is InChI=1S/C11H12F3N/c1-8-2-4-9(5-3-8)10(6-7-15)11(12,13)14/h2-6H,7,15H2,1H3/b10-6+. The average molecular weight is 215 g/mol. The molecule has 0 aliphatic rings. The van der Waals surface area contributed by atoms with Crippen molar-refractivity contribution >= 4 is 5.57 Å². The summed E-state index contributed by atoms with van der Waals surface area (Å²) in [6.07, 6.45) is -3.36. The molecular formula is C11H12F3N. The van der Waals surface area contributed by atoms with Gasteiger partial charge in [-0.15, -0.1) is 0 Å². The maximum Gasteiger partial charge on any atom is 0.416 e. The van der Waals surface area contributed by atoms with E-state index in [2.05, 4.69) is 0 Å². The second-order valence-corrected chi connectivity index (χ2v) is 3.22. The molecule has 0 atom stereocenters. The molecule has 1 nitrogen and oxygen atoms in total. The van der Waals surface area contributed by atoms with Gasteiger partial charge in [0.2, 0.25) is 0 Å². The zero-order valence-corrected chi connectivity index (χ0v) is 8.31. The van der Waals surface area contributed by atoms with Crippen molar-refractivity contribution in [3.05, 3.63) is 41.5 Å². The fourth-order valence-electron chi connectivity index (χ4n) is 1.25. The van der Waals surface area contributed by atoms with Gasteiger partial charge in [0.1, 0.15) is 0 Å². The minimum absolute atomic E-state index is 0.122. The molecule has 4 heteroatoms. The van der Waals surface area contributed by atoms with Crippen LogP contribution in [0.2, 0.25) is 0 Å². The molecule has 1 aromatic rings. The lowest BCUT2D eigenvalue weighted by Gasteiger charge is -2.11. The van der Waals surface area contributed by atoms with Crippen molar-refractivity contribution in [3.63, 3.8) is 0 Å². The number of alkyl halides is 3. The quantitative estimate of drug-likeness (QED) is 0.806. The molecule has 0 aliphatic heterocycles. The van der Waals surface area contributed by atoms with E-state index in [0.29, 0.717) is 0 Å². The highest BCUT2D eigenvalue weighted by molar-refractivity contribution is 5.69. The maximum absolute atomic E-state index is 12.6. The van der Waals surface area contributed by atoms with Gasteiger partial charge in [-0.2, -0.15) is 13.2 Å². The highest BCUT2D eigenvalue weighted by Crippen LogP contribution is 2.33. The van der Waals surface area contributed by atoms with Crippen LogP contribution in [-0.4, -0.2) is 12.7 Å². The van der Waals surface area contributed by atoms with Crippen LogP contribution in [0, 0.1) is 6.92 Å². The van der Waals surface area contributed by atoms with Crippen LogP contribution in [0.15, 0.2) is 30.3 Å². The Morgan fingerprint density at radius 3 is 2.20 bits per heavy atom. The molecule has 2 N–H and O–H groups in total. The number of hydrogen-bond donors (Lipinski definition) is 1. The third-order valence-corrected chi connectivity index (χ3v) is 1.99. The molecule has 15 heavy (non-hydrogen) atoms. The Labute approximate surface area is 86.4 Å². The van der Waals surface area contributed by atoms with Gasteiger partial charge in [-0.25, -0.2) is 0 Å². The first kappa shape index (κ1) is 11.8. The predicted octanol–water partition coefficient (Wildman–Crippen LogP) is 2.90. The molecule has 0 bridgehead atoms. The Hall–Kier alpha value is -1.29. The lowest BCUT2D eigenvalue weighted by Crippen LogP contribution is -2.12. The summed E-state index contributed by atoms with van der Waals surface area (Å²) < 4.78 is 37.7. The minimum atomic E-state index is -4.35. The van der Waals surface area contributed by atoms with Crippen molar-refractivity contribution in [2.75, 3.05) is 6.54 Å². The van der Waals surface area contributed by atoms with Crippen LogP contribution >= 0.6 is 0 Å². The number of halogens is 3. The molecule has 0 saturated carbocycles. The van der Waals surface area contributed by atoms with Gasteiger partial charge in [0.05, 0.1) is 5.57 Å². The van der Waals surface area contributed by atoms with Gasteiger partial charge < -0.3 is 5.73 Å². The molecule has 0 radical (unpaired) electrons. The van der Waals surface area contributed by atoms with E-state index in [0.717, 1.165) is 11.6 Å². The van der Waals surface area contributed by atoms with Crippen molar-refractivity contribution in [2.24, 2.45) is 5.73 Å². The Bertz CT molecular complexity index is 349. The Morgan fingerprint density at radius 1 is 1.27 bits per heavy atom. The molecule has 0 fully saturated rings. The van der Waals surface area contributed by atoms with Gasteiger partial charge in [0.25, 0.3) is 0 Å². The van der Waals surface area contributed by atoms with Crippen LogP contribution in [0.1, 0.15) is 11.1 Å². The topological polar surface area (TPSA) is 26.0 Å². The Morgan fingerprint density at radius 2 is 1.80 bits per heavy atom.